The Bertz CT molecular complexity index is 1730. The van der Waals surface area contributed by atoms with E-state index in [-0.39, 0.29) is 28.3 Å². The monoisotopic (exact) mass is 612 g/mol. The van der Waals surface area contributed by atoms with Gasteiger partial charge in [0.2, 0.25) is 5.91 Å². The van der Waals surface area contributed by atoms with Gasteiger partial charge in [-0.2, -0.15) is 0 Å². The molecule has 2 aromatic heterocycles. The predicted molar refractivity (Wildman–Crippen MR) is 159 cm³/mol. The Morgan fingerprint density at radius 3 is 2.40 bits per heavy atom. The van der Waals surface area contributed by atoms with E-state index in [1.165, 1.54) is 6.20 Å². The second-order valence-electron chi connectivity index (χ2n) is 10.7. The summed E-state index contributed by atoms with van der Waals surface area (Å²) in [6.45, 7) is 5.94. The fraction of sp³-hybridized carbons (Fsp3) is 0.310. The number of fused-ring (bicyclic) bond motifs is 1. The Morgan fingerprint density at radius 1 is 1.00 bits per heavy atom. The van der Waals surface area contributed by atoms with Crippen LogP contribution in [0.25, 0.3) is 22.2 Å². The first-order valence-electron chi connectivity index (χ1n) is 13.3. The van der Waals surface area contributed by atoms with Crippen molar-refractivity contribution in [1.29, 1.82) is 0 Å². The molecule has 3 heterocycles. The minimum absolute atomic E-state index is 0.0290. The summed E-state index contributed by atoms with van der Waals surface area (Å²) in [6.07, 6.45) is 3.65. The lowest BCUT2D eigenvalue weighted by Gasteiger charge is -2.38. The normalized spacial score (nSPS) is 14.3. The number of aromatic nitrogens is 3. The Kier molecular flexibility index (Phi) is 8.31. The topological polar surface area (TPSA) is 129 Å². The van der Waals surface area contributed by atoms with Crippen LogP contribution in [0.4, 0.5) is 15.9 Å². The van der Waals surface area contributed by atoms with Gasteiger partial charge in [0.25, 0.3) is 10.0 Å². The van der Waals surface area contributed by atoms with Crippen LogP contribution >= 0.6 is 11.6 Å². The number of aliphatic hydroxyl groups excluding tert-OH is 1. The highest BCUT2D eigenvalue weighted by Crippen LogP contribution is 2.31. The van der Waals surface area contributed by atoms with Gasteiger partial charge >= 0.3 is 0 Å². The maximum atomic E-state index is 13.3. The number of amides is 1. The van der Waals surface area contributed by atoms with Crippen LogP contribution in [-0.4, -0.2) is 72.1 Å². The lowest BCUT2D eigenvalue weighted by Crippen LogP contribution is -2.52. The molecule has 1 aliphatic rings. The Hall–Kier alpha value is -3.87. The van der Waals surface area contributed by atoms with Crippen molar-refractivity contribution < 1.29 is 22.7 Å². The van der Waals surface area contributed by atoms with E-state index in [4.69, 9.17) is 16.6 Å². The fourth-order valence-electron chi connectivity index (χ4n) is 4.78. The average Bonchev–Trinajstić information content (AvgIpc) is 2.97. The maximum Gasteiger partial charge on any atom is 0.261 e. The van der Waals surface area contributed by atoms with Gasteiger partial charge in [0.1, 0.15) is 11.6 Å². The number of aliphatic hydroxyl groups is 1. The third-order valence-electron chi connectivity index (χ3n) is 7.28. The van der Waals surface area contributed by atoms with Crippen LogP contribution in [0.2, 0.25) is 5.15 Å². The number of hydrogen-bond acceptors (Lipinski definition) is 8. The highest BCUT2D eigenvalue weighted by atomic mass is 35.5. The van der Waals surface area contributed by atoms with Crippen LogP contribution in [0.1, 0.15) is 20.3 Å². The lowest BCUT2D eigenvalue weighted by atomic mass is 9.87. The number of benzene rings is 2. The largest absolute Gasteiger partial charge is 0.396 e. The summed E-state index contributed by atoms with van der Waals surface area (Å²) in [5.41, 5.74) is 2.10. The molecular formula is C29H30ClFN6O4S. The molecule has 42 heavy (non-hydrogen) atoms. The van der Waals surface area contributed by atoms with Crippen molar-refractivity contribution in [2.75, 3.05) is 42.4 Å². The Labute approximate surface area is 248 Å². The molecule has 1 amide bonds. The molecule has 0 radical (unpaired) electrons. The first-order valence-corrected chi connectivity index (χ1v) is 15.2. The molecular weight excluding hydrogens is 583 g/mol. The van der Waals surface area contributed by atoms with Gasteiger partial charge in [0.05, 0.1) is 27.8 Å². The van der Waals surface area contributed by atoms with Gasteiger partial charge < -0.3 is 14.9 Å². The van der Waals surface area contributed by atoms with Gasteiger partial charge in [-0.3, -0.25) is 14.5 Å². The molecule has 0 spiro atoms. The van der Waals surface area contributed by atoms with E-state index in [0.717, 1.165) is 29.8 Å². The van der Waals surface area contributed by atoms with Crippen LogP contribution < -0.4 is 9.62 Å². The highest BCUT2D eigenvalue weighted by Gasteiger charge is 2.33. The third kappa shape index (κ3) is 6.30. The highest BCUT2D eigenvalue weighted by molar-refractivity contribution is 7.92. The van der Waals surface area contributed by atoms with E-state index in [9.17, 15) is 22.7 Å². The number of carbonyl (C=O) groups excluding carboxylic acids is 1. The standard InChI is InChI=1S/C29H30ClFN6O4S/c1-29(2,9-14-38)28(39)37-12-10-36(11-13-37)26-18-32-23-8-3-19(15-24(23)34-26)20-16-25(27(30)33-17-20)35-42(40,41)22-6-4-21(31)5-7-22/h3-8,15-18,35,38H,9-14H2,1-2H3. The van der Waals surface area contributed by atoms with Gasteiger partial charge in [-0.25, -0.2) is 22.8 Å². The molecule has 2 N–H and O–H groups in total. The minimum Gasteiger partial charge on any atom is -0.396 e. The van der Waals surface area contributed by atoms with Crippen molar-refractivity contribution in [2.24, 2.45) is 5.41 Å². The maximum absolute atomic E-state index is 13.3. The number of carbonyl (C=O) groups is 1. The lowest BCUT2D eigenvalue weighted by molar-refractivity contribution is -0.141. The SMILES string of the molecule is CC(C)(CCO)C(=O)N1CCN(c2cnc3ccc(-c4cnc(Cl)c(NS(=O)(=O)c5ccc(F)cc5)c4)cc3n2)CC1. The van der Waals surface area contributed by atoms with E-state index >= 15 is 0 Å². The summed E-state index contributed by atoms with van der Waals surface area (Å²) in [6, 6.07) is 11.5. The molecule has 0 atom stereocenters. The molecule has 0 saturated carbocycles. The minimum atomic E-state index is -4.03. The Balaban J connectivity index is 1.35. The molecule has 0 bridgehead atoms. The zero-order chi connectivity index (χ0) is 30.1. The number of rotatable bonds is 8. The number of sulfonamides is 1. The van der Waals surface area contributed by atoms with Crippen molar-refractivity contribution in [1.82, 2.24) is 19.9 Å². The number of pyridine rings is 1. The van der Waals surface area contributed by atoms with Gasteiger partial charge in [-0.05, 0) is 54.4 Å². The van der Waals surface area contributed by atoms with E-state index in [2.05, 4.69) is 19.6 Å². The molecule has 10 nitrogen and oxygen atoms in total. The van der Waals surface area contributed by atoms with Gasteiger partial charge in [-0.1, -0.05) is 31.5 Å². The first-order chi connectivity index (χ1) is 20.0. The molecule has 1 saturated heterocycles. The van der Waals surface area contributed by atoms with E-state index in [0.29, 0.717) is 55.0 Å². The van der Waals surface area contributed by atoms with E-state index in [1.807, 2.05) is 36.9 Å². The molecule has 2 aromatic carbocycles. The van der Waals surface area contributed by atoms with Gasteiger partial charge in [0, 0.05) is 50.0 Å². The summed E-state index contributed by atoms with van der Waals surface area (Å²) < 4.78 is 41.4. The average molecular weight is 613 g/mol. The Morgan fingerprint density at radius 2 is 1.71 bits per heavy atom. The van der Waals surface area contributed by atoms with Crippen LogP contribution in [0.3, 0.4) is 0 Å². The summed E-state index contributed by atoms with van der Waals surface area (Å²) in [4.78, 5) is 30.2. The molecule has 13 heteroatoms. The molecule has 1 fully saturated rings. The third-order valence-corrected chi connectivity index (χ3v) is 8.96. The van der Waals surface area contributed by atoms with Crippen molar-refractivity contribution >= 4 is 50.1 Å². The van der Waals surface area contributed by atoms with Crippen molar-refractivity contribution in [3.63, 3.8) is 0 Å². The van der Waals surface area contributed by atoms with Crippen LogP contribution in [-0.2, 0) is 14.8 Å². The fourth-order valence-corrected chi connectivity index (χ4v) is 6.05. The van der Waals surface area contributed by atoms with E-state index < -0.39 is 21.3 Å². The predicted octanol–water partition coefficient (Wildman–Crippen LogP) is 4.34. The smallest absolute Gasteiger partial charge is 0.261 e. The second kappa shape index (κ2) is 11.8. The zero-order valence-corrected chi connectivity index (χ0v) is 24.7. The number of nitrogens with zero attached hydrogens (tertiary/aromatic N) is 5. The van der Waals surface area contributed by atoms with Crippen molar-refractivity contribution in [3.8, 4) is 11.1 Å². The van der Waals surface area contributed by atoms with Crippen LogP contribution in [0.5, 0.6) is 0 Å². The summed E-state index contributed by atoms with van der Waals surface area (Å²) >= 11 is 6.21. The number of halogens is 2. The molecule has 5 rings (SSSR count). The summed E-state index contributed by atoms with van der Waals surface area (Å²) in [5.74, 6) is 0.165. The number of nitrogens with one attached hydrogen (secondary N) is 1. The van der Waals surface area contributed by atoms with Crippen LogP contribution in [0.15, 0.2) is 65.8 Å². The van der Waals surface area contributed by atoms with E-state index in [1.54, 1.807) is 12.3 Å². The molecule has 0 aliphatic carbocycles. The summed E-state index contributed by atoms with van der Waals surface area (Å²) in [7, 11) is -4.03. The zero-order valence-electron chi connectivity index (χ0n) is 23.1. The molecule has 0 unspecified atom stereocenters. The number of piperazine rings is 1. The number of anilines is 2. The number of hydrogen-bond donors (Lipinski definition) is 2. The second-order valence-corrected chi connectivity index (χ2v) is 12.7. The van der Waals surface area contributed by atoms with Crippen molar-refractivity contribution in [2.45, 2.75) is 25.2 Å². The molecule has 1 aliphatic heterocycles. The van der Waals surface area contributed by atoms with Crippen LogP contribution in [0, 0.1) is 11.2 Å². The quantitative estimate of drug-likeness (QED) is 0.281. The van der Waals surface area contributed by atoms with Crippen molar-refractivity contribution in [3.05, 3.63) is 71.9 Å². The molecule has 220 valence electrons. The molecule has 4 aromatic rings. The first kappa shape index (κ1) is 29.6. The van der Waals surface area contributed by atoms with Gasteiger partial charge in [-0.15, -0.1) is 0 Å². The van der Waals surface area contributed by atoms with Gasteiger partial charge in [0.15, 0.2) is 5.15 Å². The summed E-state index contributed by atoms with van der Waals surface area (Å²) in [5, 5.41) is 9.26.